The molecule has 0 amide bonds. The van der Waals surface area contributed by atoms with Crippen molar-refractivity contribution in [1.82, 2.24) is 0 Å². The minimum absolute atomic E-state index is 0.00215. The highest BCUT2D eigenvalue weighted by molar-refractivity contribution is 6.06. The monoisotopic (exact) mass is 475 g/mol. The SMILES string of the molecule is CC.CC.CCCc1cc2c(c(F)c1N1CC(N)C1)N(c1ccc(F)cc1F)C=C(C)CC2=O. The molecule has 2 heterocycles. The second-order valence-corrected chi connectivity index (χ2v) is 8.05. The first-order chi connectivity index (χ1) is 16.3. The Hall–Kier alpha value is -2.80. The molecule has 0 spiro atoms. The molecule has 2 aliphatic heterocycles. The third kappa shape index (κ3) is 5.46. The van der Waals surface area contributed by atoms with Crippen LogP contribution in [0.15, 0.2) is 36.0 Å². The van der Waals surface area contributed by atoms with Crippen LogP contribution in [0, 0.1) is 17.5 Å². The van der Waals surface area contributed by atoms with Crippen LogP contribution in [-0.4, -0.2) is 24.9 Å². The number of nitrogens with two attached hydrogens (primary N) is 1. The number of halogens is 3. The van der Waals surface area contributed by atoms with Crippen molar-refractivity contribution in [3.05, 3.63) is 64.6 Å². The maximum absolute atomic E-state index is 16.1. The molecule has 0 atom stereocenters. The van der Waals surface area contributed by atoms with Crippen LogP contribution in [0.3, 0.4) is 0 Å². The van der Waals surface area contributed by atoms with E-state index in [1.165, 1.54) is 11.0 Å². The summed E-state index contributed by atoms with van der Waals surface area (Å²) in [6.45, 7) is 12.8. The molecule has 0 saturated carbocycles. The van der Waals surface area contributed by atoms with Crippen molar-refractivity contribution in [2.24, 2.45) is 5.73 Å². The molecule has 0 aromatic heterocycles. The fraction of sp³-hybridized carbons (Fsp3) is 0.444. The van der Waals surface area contributed by atoms with E-state index in [2.05, 4.69) is 0 Å². The Morgan fingerprint density at radius 3 is 2.24 bits per heavy atom. The number of anilines is 3. The second kappa shape index (κ2) is 12.1. The number of carbonyl (C=O) groups is 1. The van der Waals surface area contributed by atoms with Crippen molar-refractivity contribution in [2.45, 2.75) is 66.8 Å². The number of hydrogen-bond acceptors (Lipinski definition) is 4. The highest BCUT2D eigenvalue weighted by Gasteiger charge is 2.34. The lowest BCUT2D eigenvalue weighted by Gasteiger charge is -2.41. The van der Waals surface area contributed by atoms with Gasteiger partial charge in [0.1, 0.15) is 11.6 Å². The van der Waals surface area contributed by atoms with Gasteiger partial charge in [0.05, 0.1) is 17.1 Å². The van der Waals surface area contributed by atoms with Crippen molar-refractivity contribution in [3.8, 4) is 0 Å². The fourth-order valence-electron chi connectivity index (χ4n) is 4.17. The van der Waals surface area contributed by atoms with Crippen molar-refractivity contribution < 1.29 is 18.0 Å². The summed E-state index contributed by atoms with van der Waals surface area (Å²) in [6.07, 6.45) is 3.04. The number of aryl methyl sites for hydroxylation is 1. The van der Waals surface area contributed by atoms with Gasteiger partial charge in [0.25, 0.3) is 0 Å². The summed E-state index contributed by atoms with van der Waals surface area (Å²) in [6, 6.07) is 4.82. The van der Waals surface area contributed by atoms with E-state index in [0.717, 1.165) is 24.1 Å². The van der Waals surface area contributed by atoms with Crippen molar-refractivity contribution in [2.75, 3.05) is 22.9 Å². The topological polar surface area (TPSA) is 49.6 Å². The second-order valence-electron chi connectivity index (χ2n) is 8.05. The maximum Gasteiger partial charge on any atom is 0.171 e. The zero-order valence-electron chi connectivity index (χ0n) is 21.0. The molecule has 0 aliphatic carbocycles. The zero-order chi connectivity index (χ0) is 25.6. The molecule has 2 aliphatic rings. The molecule has 0 bridgehead atoms. The zero-order valence-corrected chi connectivity index (χ0v) is 21.0. The molecule has 0 unspecified atom stereocenters. The van der Waals surface area contributed by atoms with Gasteiger partial charge >= 0.3 is 0 Å². The van der Waals surface area contributed by atoms with Gasteiger partial charge in [0, 0.05) is 43.4 Å². The first-order valence-corrected chi connectivity index (χ1v) is 12.1. The van der Waals surface area contributed by atoms with Crippen LogP contribution in [0.1, 0.15) is 70.3 Å². The lowest BCUT2D eigenvalue weighted by atomic mass is 9.95. The number of benzene rings is 2. The van der Waals surface area contributed by atoms with E-state index in [1.807, 2.05) is 39.5 Å². The summed E-state index contributed by atoms with van der Waals surface area (Å²) in [7, 11) is 0. The molecule has 34 heavy (non-hydrogen) atoms. The highest BCUT2D eigenvalue weighted by atomic mass is 19.1. The van der Waals surface area contributed by atoms with Crippen LogP contribution in [0.4, 0.5) is 30.2 Å². The van der Waals surface area contributed by atoms with Crippen LogP contribution >= 0.6 is 0 Å². The Morgan fingerprint density at radius 1 is 1.03 bits per heavy atom. The summed E-state index contributed by atoms with van der Waals surface area (Å²) in [5.74, 6) is -2.36. The largest absolute Gasteiger partial charge is 0.366 e. The number of nitrogens with zero attached hydrogens (tertiary/aromatic N) is 2. The smallest absolute Gasteiger partial charge is 0.171 e. The van der Waals surface area contributed by atoms with Crippen LogP contribution in [0.25, 0.3) is 0 Å². The summed E-state index contributed by atoms with van der Waals surface area (Å²) in [5, 5.41) is 0. The average Bonchev–Trinajstić information content (AvgIpc) is 2.91. The lowest BCUT2D eigenvalue weighted by Crippen LogP contribution is -2.56. The lowest BCUT2D eigenvalue weighted by molar-refractivity contribution is 0.0994. The molecule has 2 aromatic carbocycles. The number of Topliss-reactive ketones (excluding diaryl/α,β-unsaturated/α-hetero) is 1. The summed E-state index contributed by atoms with van der Waals surface area (Å²) in [5.41, 5.74) is 7.91. The molecule has 7 heteroatoms. The summed E-state index contributed by atoms with van der Waals surface area (Å²) >= 11 is 0. The third-order valence-electron chi connectivity index (χ3n) is 5.54. The summed E-state index contributed by atoms with van der Waals surface area (Å²) in [4.78, 5) is 16.1. The maximum atomic E-state index is 16.1. The standard InChI is InChI=1S/C23H24F3N3O.2C2H6/c1-3-4-14-8-17-20(30)7-13(2)10-29(19-6-5-15(24)9-18(19)25)23(17)21(26)22(14)28-11-16(27)12-28;2*1-2/h5-6,8-10,16H,3-4,7,11-12,27H2,1-2H3;2*1-2H3. The van der Waals surface area contributed by atoms with Crippen LogP contribution in [-0.2, 0) is 6.42 Å². The minimum Gasteiger partial charge on any atom is -0.366 e. The molecule has 2 N–H and O–H groups in total. The van der Waals surface area contributed by atoms with E-state index in [4.69, 9.17) is 5.73 Å². The first kappa shape index (κ1) is 27.4. The van der Waals surface area contributed by atoms with E-state index in [0.29, 0.717) is 30.8 Å². The molecular formula is C27H36F3N3O. The Morgan fingerprint density at radius 2 is 1.68 bits per heavy atom. The Bertz CT molecular complexity index is 1050. The molecule has 186 valence electrons. The molecule has 2 aromatic rings. The molecule has 1 saturated heterocycles. The third-order valence-corrected chi connectivity index (χ3v) is 5.54. The van der Waals surface area contributed by atoms with Gasteiger partial charge in [-0.3, -0.25) is 4.79 Å². The van der Waals surface area contributed by atoms with Crippen molar-refractivity contribution in [1.29, 1.82) is 0 Å². The predicted octanol–water partition coefficient (Wildman–Crippen LogP) is 6.88. The van der Waals surface area contributed by atoms with Crippen LogP contribution < -0.4 is 15.5 Å². The number of allylic oxidation sites excluding steroid dienone is 1. The molecule has 1 fully saturated rings. The summed E-state index contributed by atoms with van der Waals surface area (Å²) < 4.78 is 44.2. The Kier molecular flexibility index (Phi) is 9.74. The quantitative estimate of drug-likeness (QED) is 0.523. The molecule has 4 nitrogen and oxygen atoms in total. The van der Waals surface area contributed by atoms with E-state index >= 15 is 4.39 Å². The van der Waals surface area contributed by atoms with Gasteiger partial charge in [-0.25, -0.2) is 13.2 Å². The van der Waals surface area contributed by atoms with Crippen LogP contribution in [0.5, 0.6) is 0 Å². The van der Waals surface area contributed by atoms with Gasteiger partial charge < -0.3 is 15.5 Å². The van der Waals surface area contributed by atoms with Crippen molar-refractivity contribution in [3.63, 3.8) is 0 Å². The van der Waals surface area contributed by atoms with Gasteiger partial charge in [-0.15, -0.1) is 0 Å². The average molecular weight is 476 g/mol. The number of hydrogen-bond donors (Lipinski definition) is 1. The number of fused-ring (bicyclic) bond motifs is 1. The fourth-order valence-corrected chi connectivity index (χ4v) is 4.17. The minimum atomic E-state index is -0.830. The van der Waals surface area contributed by atoms with E-state index in [-0.39, 0.29) is 35.2 Å². The number of rotatable bonds is 4. The van der Waals surface area contributed by atoms with Gasteiger partial charge in [-0.2, -0.15) is 0 Å². The van der Waals surface area contributed by atoms with Gasteiger partial charge in [0.2, 0.25) is 0 Å². The Balaban J connectivity index is 0.000000970. The normalized spacial score (nSPS) is 15.2. The van der Waals surface area contributed by atoms with Gasteiger partial charge in [-0.1, -0.05) is 41.0 Å². The predicted molar refractivity (Wildman–Crippen MR) is 134 cm³/mol. The molecular weight excluding hydrogens is 439 g/mol. The highest BCUT2D eigenvalue weighted by Crippen LogP contribution is 2.43. The van der Waals surface area contributed by atoms with Gasteiger partial charge in [0.15, 0.2) is 11.6 Å². The molecule has 0 radical (unpaired) electrons. The number of carbonyl (C=O) groups excluding carboxylic acids is 1. The first-order valence-electron chi connectivity index (χ1n) is 12.1. The van der Waals surface area contributed by atoms with Gasteiger partial charge in [-0.05, 0) is 42.7 Å². The molecule has 4 rings (SSSR count). The van der Waals surface area contributed by atoms with Crippen LogP contribution in [0.2, 0.25) is 0 Å². The Labute approximate surface area is 201 Å². The van der Waals surface area contributed by atoms with E-state index < -0.39 is 17.5 Å². The number of ketones is 1. The van der Waals surface area contributed by atoms with E-state index in [9.17, 15) is 13.6 Å². The van der Waals surface area contributed by atoms with Crippen molar-refractivity contribution >= 4 is 22.8 Å². The van der Waals surface area contributed by atoms with E-state index in [1.54, 1.807) is 19.2 Å².